The molecular formula is C6H13NO4. The summed E-state index contributed by atoms with van der Waals surface area (Å²) in [5.41, 5.74) is 5.29. The molecule has 11 heavy (non-hydrogen) atoms. The van der Waals surface area contributed by atoms with E-state index in [1.54, 1.807) is 0 Å². The van der Waals surface area contributed by atoms with E-state index in [1.165, 1.54) is 0 Å². The zero-order chi connectivity index (χ0) is 8.43. The number of hydrogen-bond acceptors (Lipinski definition) is 5. The highest BCUT2D eigenvalue weighted by Gasteiger charge is 2.41. The minimum Gasteiger partial charge on any atom is -0.394 e. The van der Waals surface area contributed by atoms with Gasteiger partial charge in [-0.1, -0.05) is 0 Å². The van der Waals surface area contributed by atoms with E-state index in [4.69, 9.17) is 20.7 Å². The number of rotatable bonds is 2. The average Bonchev–Trinajstić information content (AvgIpc) is 2.28. The van der Waals surface area contributed by atoms with E-state index in [-0.39, 0.29) is 19.1 Å². The van der Waals surface area contributed by atoms with Crippen molar-refractivity contribution in [1.82, 2.24) is 0 Å². The van der Waals surface area contributed by atoms with Gasteiger partial charge >= 0.3 is 0 Å². The summed E-state index contributed by atoms with van der Waals surface area (Å²) in [7, 11) is 0. The van der Waals surface area contributed by atoms with E-state index in [0.717, 1.165) is 0 Å². The van der Waals surface area contributed by atoms with Crippen molar-refractivity contribution in [2.45, 2.75) is 18.5 Å². The van der Waals surface area contributed by atoms with Crippen LogP contribution in [0.1, 0.15) is 0 Å². The molecule has 0 radical (unpaired) electrons. The van der Waals surface area contributed by atoms with E-state index in [2.05, 4.69) is 0 Å². The van der Waals surface area contributed by atoms with Crippen molar-refractivity contribution in [2.24, 2.45) is 11.7 Å². The summed E-state index contributed by atoms with van der Waals surface area (Å²) in [4.78, 5) is 0. The molecule has 1 unspecified atom stereocenters. The molecule has 5 nitrogen and oxygen atoms in total. The summed E-state index contributed by atoms with van der Waals surface area (Å²) < 4.78 is 4.80. The Balaban J connectivity index is 2.57. The summed E-state index contributed by atoms with van der Waals surface area (Å²) in [5.74, 6) is -0.366. The van der Waals surface area contributed by atoms with Crippen LogP contribution in [0.25, 0.3) is 0 Å². The maximum absolute atomic E-state index is 9.19. The van der Waals surface area contributed by atoms with Gasteiger partial charge in [-0.2, -0.15) is 0 Å². The van der Waals surface area contributed by atoms with Gasteiger partial charge in [-0.15, -0.1) is 0 Å². The van der Waals surface area contributed by atoms with Crippen LogP contribution in [0.2, 0.25) is 0 Å². The first-order valence-electron chi connectivity index (χ1n) is 3.53. The molecule has 4 atom stereocenters. The maximum Gasteiger partial charge on any atom is 0.181 e. The van der Waals surface area contributed by atoms with Crippen LogP contribution >= 0.6 is 0 Å². The van der Waals surface area contributed by atoms with Crippen LogP contribution in [-0.4, -0.2) is 47.0 Å². The Morgan fingerprint density at radius 2 is 2.00 bits per heavy atom. The number of hydrogen-bond donors (Lipinski definition) is 4. The molecule has 0 aromatic heterocycles. The van der Waals surface area contributed by atoms with Crippen LogP contribution in [0.15, 0.2) is 0 Å². The minimum absolute atomic E-state index is 0.198. The van der Waals surface area contributed by atoms with Crippen molar-refractivity contribution in [3.63, 3.8) is 0 Å². The second-order valence-electron chi connectivity index (χ2n) is 2.64. The number of aliphatic hydroxyl groups is 3. The Morgan fingerprint density at radius 1 is 1.36 bits per heavy atom. The highest BCUT2D eigenvalue weighted by atomic mass is 16.6. The Hall–Kier alpha value is -0.200. The van der Waals surface area contributed by atoms with Crippen LogP contribution < -0.4 is 5.73 Å². The summed E-state index contributed by atoms with van der Waals surface area (Å²) in [5, 5.41) is 26.9. The van der Waals surface area contributed by atoms with Gasteiger partial charge in [0.05, 0.1) is 12.7 Å². The third-order valence-electron chi connectivity index (χ3n) is 1.97. The quantitative estimate of drug-likeness (QED) is 0.365. The van der Waals surface area contributed by atoms with Crippen molar-refractivity contribution in [2.75, 3.05) is 13.2 Å². The highest BCUT2D eigenvalue weighted by molar-refractivity contribution is 4.85. The lowest BCUT2D eigenvalue weighted by Gasteiger charge is -2.14. The number of ether oxygens (including phenoxy) is 1. The SMILES string of the molecule is NC[C@@H]1[C@@H](CO)OC(O)[C@@H]1O. The molecule has 5 N–H and O–H groups in total. The van der Waals surface area contributed by atoms with Crippen LogP contribution in [0.4, 0.5) is 0 Å². The van der Waals surface area contributed by atoms with Gasteiger partial charge in [0.1, 0.15) is 6.10 Å². The summed E-state index contributed by atoms with van der Waals surface area (Å²) in [6.07, 6.45) is -2.72. The van der Waals surface area contributed by atoms with Crippen molar-refractivity contribution in [3.05, 3.63) is 0 Å². The van der Waals surface area contributed by atoms with Gasteiger partial charge in [-0.25, -0.2) is 0 Å². The van der Waals surface area contributed by atoms with Crippen LogP contribution in [-0.2, 0) is 4.74 Å². The molecule has 1 aliphatic rings. The molecule has 5 heteroatoms. The fourth-order valence-corrected chi connectivity index (χ4v) is 1.26. The second-order valence-corrected chi connectivity index (χ2v) is 2.64. The summed E-state index contributed by atoms with van der Waals surface area (Å²) in [6, 6.07) is 0. The normalized spacial score (nSPS) is 44.7. The molecule has 1 saturated heterocycles. The fourth-order valence-electron chi connectivity index (χ4n) is 1.26. The second kappa shape index (κ2) is 3.46. The third-order valence-corrected chi connectivity index (χ3v) is 1.97. The molecule has 66 valence electrons. The average molecular weight is 163 g/mol. The zero-order valence-corrected chi connectivity index (χ0v) is 6.05. The van der Waals surface area contributed by atoms with Gasteiger partial charge in [-0.3, -0.25) is 0 Å². The van der Waals surface area contributed by atoms with Crippen molar-refractivity contribution in [3.8, 4) is 0 Å². The first kappa shape index (κ1) is 8.89. The molecule has 0 aromatic rings. The molecule has 0 aliphatic carbocycles. The molecular weight excluding hydrogens is 150 g/mol. The number of nitrogens with two attached hydrogens (primary N) is 1. The van der Waals surface area contributed by atoms with Crippen LogP contribution in [0.5, 0.6) is 0 Å². The zero-order valence-electron chi connectivity index (χ0n) is 6.05. The van der Waals surface area contributed by atoms with Crippen molar-refractivity contribution < 1.29 is 20.1 Å². The van der Waals surface area contributed by atoms with Gasteiger partial charge in [0, 0.05) is 12.5 Å². The van der Waals surface area contributed by atoms with E-state index in [0.29, 0.717) is 0 Å². The molecule has 0 spiro atoms. The lowest BCUT2D eigenvalue weighted by atomic mass is 9.99. The predicted octanol–water partition coefficient (Wildman–Crippen LogP) is -2.37. The summed E-state index contributed by atoms with van der Waals surface area (Å²) in [6.45, 7) is -0.0283. The standard InChI is InChI=1S/C6H13NO4/c7-1-3-4(2-8)11-6(10)5(3)9/h3-6,8-10H,1-2,7H2/t3-,4-,5-,6?/m1/s1. The minimum atomic E-state index is -1.21. The Labute approximate surface area is 64.4 Å². The third kappa shape index (κ3) is 1.52. The van der Waals surface area contributed by atoms with Gasteiger partial charge < -0.3 is 25.8 Å². The Kier molecular flexibility index (Phi) is 2.80. The predicted molar refractivity (Wildman–Crippen MR) is 36.5 cm³/mol. The van der Waals surface area contributed by atoms with Gasteiger partial charge in [0.25, 0.3) is 0 Å². The molecule has 0 bridgehead atoms. The molecule has 1 fully saturated rings. The maximum atomic E-state index is 9.19. The van der Waals surface area contributed by atoms with Crippen LogP contribution in [0, 0.1) is 5.92 Å². The topological polar surface area (TPSA) is 95.9 Å². The molecule has 0 aromatic carbocycles. The molecule has 1 heterocycles. The van der Waals surface area contributed by atoms with Crippen LogP contribution in [0.3, 0.4) is 0 Å². The molecule has 1 rings (SSSR count). The Bertz CT molecular complexity index is 132. The monoisotopic (exact) mass is 163 g/mol. The van der Waals surface area contributed by atoms with E-state index in [1.807, 2.05) is 0 Å². The number of aliphatic hydroxyl groups excluding tert-OH is 3. The molecule has 1 aliphatic heterocycles. The van der Waals surface area contributed by atoms with Gasteiger partial charge in [0.2, 0.25) is 0 Å². The van der Waals surface area contributed by atoms with Crippen molar-refractivity contribution in [1.29, 1.82) is 0 Å². The largest absolute Gasteiger partial charge is 0.394 e. The first-order chi connectivity index (χ1) is 5.20. The smallest absolute Gasteiger partial charge is 0.181 e. The summed E-state index contributed by atoms with van der Waals surface area (Å²) >= 11 is 0. The van der Waals surface area contributed by atoms with Gasteiger partial charge in [-0.05, 0) is 0 Å². The van der Waals surface area contributed by atoms with Gasteiger partial charge in [0.15, 0.2) is 6.29 Å². The molecule has 0 amide bonds. The van der Waals surface area contributed by atoms with Crippen molar-refractivity contribution >= 4 is 0 Å². The highest BCUT2D eigenvalue weighted by Crippen LogP contribution is 2.24. The Morgan fingerprint density at radius 3 is 2.36 bits per heavy atom. The fraction of sp³-hybridized carbons (Fsp3) is 1.00. The van der Waals surface area contributed by atoms with E-state index in [9.17, 15) is 5.11 Å². The van der Waals surface area contributed by atoms with E-state index >= 15 is 0 Å². The lowest BCUT2D eigenvalue weighted by Crippen LogP contribution is -2.34. The molecule has 0 saturated carbocycles. The lowest BCUT2D eigenvalue weighted by molar-refractivity contribution is -0.132. The first-order valence-corrected chi connectivity index (χ1v) is 3.53. The van der Waals surface area contributed by atoms with E-state index < -0.39 is 18.5 Å².